The Morgan fingerprint density at radius 3 is 2.21 bits per heavy atom. The summed E-state index contributed by atoms with van der Waals surface area (Å²) < 4.78 is 50.9. The van der Waals surface area contributed by atoms with Crippen LogP contribution in [0, 0.1) is 23.3 Å². The van der Waals surface area contributed by atoms with E-state index in [0.717, 1.165) is 0 Å². The van der Waals surface area contributed by atoms with Crippen LogP contribution >= 0.6 is 15.9 Å². The van der Waals surface area contributed by atoms with Crippen LogP contribution in [0.1, 0.15) is 12.5 Å². The molecule has 0 aliphatic carbocycles. The maximum atomic E-state index is 13.0. The van der Waals surface area contributed by atoms with Crippen molar-refractivity contribution < 1.29 is 17.6 Å². The van der Waals surface area contributed by atoms with Crippen molar-refractivity contribution in [3.8, 4) is 0 Å². The Hall–Kier alpha value is -0.580. The van der Waals surface area contributed by atoms with Crippen LogP contribution in [0.4, 0.5) is 17.6 Å². The van der Waals surface area contributed by atoms with Gasteiger partial charge in [-0.1, -0.05) is 22.9 Å². The Morgan fingerprint density at radius 1 is 1.14 bits per heavy atom. The topological polar surface area (TPSA) is 0 Å². The minimum absolute atomic E-state index is 0.0972. The fraction of sp³-hybridized carbons (Fsp3) is 0.333. The summed E-state index contributed by atoms with van der Waals surface area (Å²) in [5.74, 6) is -6.22. The largest absolute Gasteiger partial charge is 0.204 e. The van der Waals surface area contributed by atoms with Gasteiger partial charge < -0.3 is 0 Å². The Balaban J connectivity index is 3.19. The predicted molar refractivity (Wildman–Crippen MR) is 48.4 cm³/mol. The lowest BCUT2D eigenvalue weighted by Crippen LogP contribution is -2.05. The second-order valence-corrected chi connectivity index (χ2v) is 4.51. The predicted octanol–water partition coefficient (Wildman–Crippen LogP) is 3.57. The molecule has 0 radical (unpaired) electrons. The van der Waals surface area contributed by atoms with Crippen LogP contribution in [0.2, 0.25) is 0 Å². The van der Waals surface area contributed by atoms with Crippen molar-refractivity contribution in [3.05, 3.63) is 34.9 Å². The molecule has 78 valence electrons. The highest BCUT2D eigenvalue weighted by atomic mass is 79.9. The maximum absolute atomic E-state index is 13.0. The van der Waals surface area contributed by atoms with E-state index in [1.165, 1.54) is 0 Å². The summed E-state index contributed by atoms with van der Waals surface area (Å²) in [6.07, 6.45) is 0.0972. The van der Waals surface area contributed by atoms with Crippen LogP contribution in [-0.4, -0.2) is 4.83 Å². The molecule has 0 aromatic heterocycles. The molecule has 1 rings (SSSR count). The third kappa shape index (κ3) is 2.26. The fourth-order valence-electron chi connectivity index (χ4n) is 1.07. The summed E-state index contributed by atoms with van der Waals surface area (Å²) in [5.41, 5.74) is -0.175. The molecular weight excluding hydrogens is 264 g/mol. The van der Waals surface area contributed by atoms with Gasteiger partial charge in [-0.3, -0.25) is 0 Å². The first-order valence-corrected chi connectivity index (χ1v) is 4.81. The number of hydrogen-bond acceptors (Lipinski definition) is 0. The summed E-state index contributed by atoms with van der Waals surface area (Å²) in [7, 11) is 0. The molecule has 0 amide bonds. The van der Waals surface area contributed by atoms with Gasteiger partial charge >= 0.3 is 0 Å². The second-order valence-electron chi connectivity index (χ2n) is 2.94. The molecule has 0 saturated heterocycles. The molecule has 0 aliphatic heterocycles. The lowest BCUT2D eigenvalue weighted by atomic mass is 10.1. The lowest BCUT2D eigenvalue weighted by Gasteiger charge is -2.06. The SMILES string of the molecule is CC(Br)Cc1cc(F)c(F)c(F)c1F. The number of benzene rings is 1. The number of rotatable bonds is 2. The smallest absolute Gasteiger partial charge is 0.197 e. The van der Waals surface area contributed by atoms with Gasteiger partial charge in [0.15, 0.2) is 23.3 Å². The molecule has 14 heavy (non-hydrogen) atoms. The summed E-state index contributed by atoms with van der Waals surface area (Å²) in [5, 5.41) is 0. The van der Waals surface area contributed by atoms with Gasteiger partial charge in [0, 0.05) is 4.83 Å². The van der Waals surface area contributed by atoms with Gasteiger partial charge in [0.05, 0.1) is 0 Å². The number of alkyl halides is 1. The van der Waals surface area contributed by atoms with Gasteiger partial charge in [-0.2, -0.15) is 0 Å². The van der Waals surface area contributed by atoms with Gasteiger partial charge in [-0.15, -0.1) is 0 Å². The molecule has 0 saturated carbocycles. The van der Waals surface area contributed by atoms with Crippen LogP contribution < -0.4 is 0 Å². The molecule has 1 aromatic carbocycles. The average molecular weight is 271 g/mol. The average Bonchev–Trinajstić information content (AvgIpc) is 2.10. The molecule has 0 aliphatic rings. The Labute approximate surface area is 87.1 Å². The molecule has 1 aromatic rings. The number of hydrogen-bond donors (Lipinski definition) is 0. The summed E-state index contributed by atoms with van der Waals surface area (Å²) in [4.78, 5) is -0.138. The molecule has 0 N–H and O–H groups in total. The van der Waals surface area contributed by atoms with E-state index in [2.05, 4.69) is 15.9 Å². The van der Waals surface area contributed by atoms with Crippen LogP contribution in [0.5, 0.6) is 0 Å². The molecular formula is C9H7BrF4. The fourth-order valence-corrected chi connectivity index (χ4v) is 1.42. The van der Waals surface area contributed by atoms with E-state index >= 15 is 0 Å². The standard InChI is InChI=1S/C9H7BrF4/c1-4(10)2-5-3-6(11)8(13)9(14)7(5)12/h3-4H,2H2,1H3. The summed E-state index contributed by atoms with van der Waals surface area (Å²) >= 11 is 3.11. The summed E-state index contributed by atoms with van der Waals surface area (Å²) in [6.45, 7) is 1.69. The molecule has 1 unspecified atom stereocenters. The van der Waals surface area contributed by atoms with Crippen molar-refractivity contribution in [2.75, 3.05) is 0 Å². The molecule has 0 spiro atoms. The van der Waals surface area contributed by atoms with Gasteiger partial charge in [0.25, 0.3) is 0 Å². The van der Waals surface area contributed by atoms with E-state index in [1.54, 1.807) is 6.92 Å². The zero-order valence-electron chi connectivity index (χ0n) is 7.25. The lowest BCUT2D eigenvalue weighted by molar-refractivity contribution is 0.404. The van der Waals surface area contributed by atoms with Crippen molar-refractivity contribution in [1.29, 1.82) is 0 Å². The van der Waals surface area contributed by atoms with Crippen molar-refractivity contribution in [2.24, 2.45) is 0 Å². The minimum Gasteiger partial charge on any atom is -0.204 e. The molecule has 0 fully saturated rings. The van der Waals surface area contributed by atoms with Crippen molar-refractivity contribution >= 4 is 15.9 Å². The Morgan fingerprint density at radius 2 is 1.71 bits per heavy atom. The molecule has 1 atom stereocenters. The van der Waals surface area contributed by atoms with Gasteiger partial charge in [-0.05, 0) is 18.1 Å². The van der Waals surface area contributed by atoms with E-state index in [9.17, 15) is 17.6 Å². The van der Waals surface area contributed by atoms with Gasteiger partial charge in [-0.25, -0.2) is 17.6 Å². The van der Waals surface area contributed by atoms with Crippen molar-refractivity contribution in [1.82, 2.24) is 0 Å². The first kappa shape index (κ1) is 11.5. The van der Waals surface area contributed by atoms with E-state index < -0.39 is 23.3 Å². The van der Waals surface area contributed by atoms with E-state index in [-0.39, 0.29) is 16.8 Å². The first-order valence-electron chi connectivity index (χ1n) is 3.89. The molecule has 5 heteroatoms. The summed E-state index contributed by atoms with van der Waals surface area (Å²) in [6, 6.07) is 0.672. The zero-order valence-corrected chi connectivity index (χ0v) is 8.84. The zero-order chi connectivity index (χ0) is 10.9. The first-order chi connectivity index (χ1) is 6.43. The highest BCUT2D eigenvalue weighted by Gasteiger charge is 2.19. The molecule has 0 heterocycles. The number of halogens is 5. The van der Waals surface area contributed by atoms with E-state index in [1.807, 2.05) is 0 Å². The quantitative estimate of drug-likeness (QED) is 0.334. The Bertz CT molecular complexity index is 349. The Kier molecular flexibility index (Phi) is 3.53. The van der Waals surface area contributed by atoms with Gasteiger partial charge in [0.2, 0.25) is 0 Å². The van der Waals surface area contributed by atoms with Crippen LogP contribution in [0.3, 0.4) is 0 Å². The van der Waals surface area contributed by atoms with E-state index in [0.29, 0.717) is 6.07 Å². The van der Waals surface area contributed by atoms with Crippen molar-refractivity contribution in [3.63, 3.8) is 0 Å². The highest BCUT2D eigenvalue weighted by Crippen LogP contribution is 2.21. The van der Waals surface area contributed by atoms with E-state index in [4.69, 9.17) is 0 Å². The van der Waals surface area contributed by atoms with Gasteiger partial charge in [0.1, 0.15) is 0 Å². The van der Waals surface area contributed by atoms with Crippen LogP contribution in [0.15, 0.2) is 6.07 Å². The minimum atomic E-state index is -1.77. The highest BCUT2D eigenvalue weighted by molar-refractivity contribution is 9.09. The molecule has 0 bridgehead atoms. The monoisotopic (exact) mass is 270 g/mol. The molecule has 0 nitrogen and oxygen atoms in total. The second kappa shape index (κ2) is 4.29. The maximum Gasteiger partial charge on any atom is 0.197 e. The third-order valence-electron chi connectivity index (χ3n) is 1.68. The van der Waals surface area contributed by atoms with Crippen molar-refractivity contribution in [2.45, 2.75) is 18.2 Å². The third-order valence-corrected chi connectivity index (χ3v) is 2.00. The van der Waals surface area contributed by atoms with Crippen LogP contribution in [-0.2, 0) is 6.42 Å². The van der Waals surface area contributed by atoms with Crippen LogP contribution in [0.25, 0.3) is 0 Å². The normalized spacial score (nSPS) is 13.0.